The maximum Gasteiger partial charge on any atom is 0.278 e. The van der Waals surface area contributed by atoms with Gasteiger partial charge < -0.3 is 25.0 Å². The van der Waals surface area contributed by atoms with Crippen LogP contribution in [0.25, 0.3) is 11.2 Å². The first-order chi connectivity index (χ1) is 9.13. The Hall–Kier alpha value is -1.81. The summed E-state index contributed by atoms with van der Waals surface area (Å²) in [5.74, 6) is 0. The largest absolute Gasteiger partial charge is 0.394 e. The summed E-state index contributed by atoms with van der Waals surface area (Å²) in [4.78, 5) is 21.8. The summed E-state index contributed by atoms with van der Waals surface area (Å²) < 4.78 is 6.70. The number of ether oxygens (including phenoxy) is 1. The molecule has 0 radical (unpaired) electrons. The van der Waals surface area contributed by atoms with Crippen LogP contribution in [0.5, 0.6) is 0 Å². The fourth-order valence-corrected chi connectivity index (χ4v) is 2.16. The maximum absolute atomic E-state index is 11.5. The number of imidazole rings is 1. The second-order valence-electron chi connectivity index (χ2n) is 4.28. The monoisotopic (exact) mass is 270 g/mol. The minimum atomic E-state index is -1.24. The van der Waals surface area contributed by atoms with Crippen LogP contribution in [0.1, 0.15) is 6.23 Å². The number of fused-ring (bicyclic) bond motifs is 1. The van der Waals surface area contributed by atoms with Crippen molar-refractivity contribution in [1.29, 1.82) is 0 Å². The Labute approximate surface area is 106 Å². The van der Waals surface area contributed by atoms with Crippen molar-refractivity contribution in [3.63, 3.8) is 0 Å². The summed E-state index contributed by atoms with van der Waals surface area (Å²) in [6, 6.07) is 0. The lowest BCUT2D eigenvalue weighted by atomic mass is 10.2. The van der Waals surface area contributed by atoms with Gasteiger partial charge in [-0.25, -0.2) is 9.97 Å². The molecule has 4 atom stereocenters. The lowest BCUT2D eigenvalue weighted by Crippen LogP contribution is -2.33. The van der Waals surface area contributed by atoms with Crippen molar-refractivity contribution in [2.24, 2.45) is 0 Å². The molecule has 19 heavy (non-hydrogen) atoms. The molecule has 2 aromatic heterocycles. The third-order valence-corrected chi connectivity index (χ3v) is 3.16. The van der Waals surface area contributed by atoms with Crippen LogP contribution >= 0.6 is 0 Å². The van der Waals surface area contributed by atoms with Gasteiger partial charge in [0, 0.05) is 0 Å². The summed E-state index contributed by atoms with van der Waals surface area (Å²) >= 11 is 0. The molecule has 2 aromatic rings. The van der Waals surface area contributed by atoms with Crippen LogP contribution < -0.4 is 5.56 Å². The Morgan fingerprint density at radius 3 is 2.95 bits per heavy atom. The first-order valence-corrected chi connectivity index (χ1v) is 5.66. The number of rotatable bonds is 2. The molecule has 0 saturated carbocycles. The van der Waals surface area contributed by atoms with Crippen molar-refractivity contribution in [1.82, 2.24) is 19.5 Å². The van der Waals surface area contributed by atoms with Gasteiger partial charge in [-0.2, -0.15) is 0 Å². The fraction of sp³-hybridized carbons (Fsp3) is 0.500. The van der Waals surface area contributed by atoms with Crippen molar-refractivity contribution in [2.75, 3.05) is 6.61 Å². The van der Waals surface area contributed by atoms with E-state index in [0.29, 0.717) is 0 Å². The van der Waals surface area contributed by atoms with Crippen LogP contribution in [-0.4, -0.2) is 59.8 Å². The molecule has 3 rings (SSSR count). The number of hydrogen-bond acceptors (Lipinski definition) is 7. The van der Waals surface area contributed by atoms with Gasteiger partial charge in [-0.05, 0) is 0 Å². The predicted octanol–water partition coefficient (Wildman–Crippen LogP) is -2.27. The zero-order valence-electron chi connectivity index (χ0n) is 9.67. The van der Waals surface area contributed by atoms with Crippen molar-refractivity contribution < 1.29 is 20.1 Å². The molecule has 3 heterocycles. The Balaban J connectivity index is 2.06. The molecule has 0 amide bonds. The number of nitrogens with zero attached hydrogens (tertiary/aromatic N) is 3. The van der Waals surface area contributed by atoms with E-state index >= 15 is 0 Å². The van der Waals surface area contributed by atoms with E-state index < -0.39 is 36.7 Å². The van der Waals surface area contributed by atoms with Crippen molar-refractivity contribution >= 4 is 11.2 Å². The second kappa shape index (κ2) is 4.38. The van der Waals surface area contributed by atoms with Gasteiger partial charge in [0.25, 0.3) is 5.56 Å². The first-order valence-electron chi connectivity index (χ1n) is 5.66. The molecule has 1 saturated heterocycles. The molecular weight excluding hydrogens is 258 g/mol. The van der Waals surface area contributed by atoms with Crippen LogP contribution in [-0.2, 0) is 4.74 Å². The summed E-state index contributed by atoms with van der Waals surface area (Å²) in [7, 11) is 0. The Bertz CT molecular complexity index is 653. The molecule has 0 spiro atoms. The molecule has 0 aromatic carbocycles. The van der Waals surface area contributed by atoms with E-state index in [4.69, 9.17) is 9.84 Å². The fourth-order valence-electron chi connectivity index (χ4n) is 2.16. The van der Waals surface area contributed by atoms with Crippen LogP contribution in [0, 0.1) is 0 Å². The molecule has 1 aliphatic rings. The molecule has 9 nitrogen and oxygen atoms in total. The molecule has 0 unspecified atom stereocenters. The normalized spacial score (nSPS) is 31.1. The highest BCUT2D eigenvalue weighted by Gasteiger charge is 2.43. The third-order valence-electron chi connectivity index (χ3n) is 3.16. The van der Waals surface area contributed by atoms with E-state index in [1.54, 1.807) is 0 Å². The van der Waals surface area contributed by atoms with E-state index in [1.165, 1.54) is 17.2 Å². The number of hydrogen-bond donors (Lipinski definition) is 4. The minimum Gasteiger partial charge on any atom is -0.394 e. The van der Waals surface area contributed by atoms with Gasteiger partial charge >= 0.3 is 0 Å². The highest BCUT2D eigenvalue weighted by molar-refractivity contribution is 5.68. The highest BCUT2D eigenvalue weighted by Crippen LogP contribution is 2.30. The van der Waals surface area contributed by atoms with Gasteiger partial charge in [-0.15, -0.1) is 0 Å². The van der Waals surface area contributed by atoms with E-state index in [0.717, 1.165) is 0 Å². The number of aliphatic hydroxyl groups is 3. The summed E-state index contributed by atoms with van der Waals surface area (Å²) in [6.07, 6.45) is -1.78. The Kier molecular flexibility index (Phi) is 2.82. The van der Waals surface area contributed by atoms with Crippen LogP contribution in [0.15, 0.2) is 17.4 Å². The van der Waals surface area contributed by atoms with Gasteiger partial charge in [-0.1, -0.05) is 0 Å². The van der Waals surface area contributed by atoms with E-state index in [1.807, 2.05) is 0 Å². The average molecular weight is 270 g/mol. The topological polar surface area (TPSA) is 133 Å². The maximum atomic E-state index is 11.5. The zero-order valence-corrected chi connectivity index (χ0v) is 9.67. The number of aliphatic hydroxyl groups excluding tert-OH is 3. The predicted molar refractivity (Wildman–Crippen MR) is 61.2 cm³/mol. The number of aromatic amines is 1. The number of H-pyrrole nitrogens is 1. The van der Waals surface area contributed by atoms with E-state index in [2.05, 4.69) is 15.0 Å². The molecule has 102 valence electrons. The van der Waals surface area contributed by atoms with E-state index in [-0.39, 0.29) is 11.2 Å². The van der Waals surface area contributed by atoms with Crippen LogP contribution in [0.2, 0.25) is 0 Å². The van der Waals surface area contributed by atoms with Crippen molar-refractivity contribution in [2.45, 2.75) is 24.5 Å². The smallest absolute Gasteiger partial charge is 0.278 e. The quantitative estimate of drug-likeness (QED) is 0.483. The molecule has 4 N–H and O–H groups in total. The lowest BCUT2D eigenvalue weighted by Gasteiger charge is -2.16. The average Bonchev–Trinajstić information content (AvgIpc) is 2.94. The van der Waals surface area contributed by atoms with Crippen molar-refractivity contribution in [3.8, 4) is 0 Å². The molecule has 0 bridgehead atoms. The van der Waals surface area contributed by atoms with Gasteiger partial charge in [0.2, 0.25) is 0 Å². The summed E-state index contributed by atoms with van der Waals surface area (Å²) in [5.41, 5.74) is -0.0608. The van der Waals surface area contributed by atoms with Crippen molar-refractivity contribution in [3.05, 3.63) is 23.0 Å². The Morgan fingerprint density at radius 1 is 1.47 bits per heavy atom. The first kappa shape index (κ1) is 12.2. The highest BCUT2D eigenvalue weighted by atomic mass is 16.8. The molecular formula is C10H12N4O5. The SMILES string of the molecule is O=c1[nH]cnc2c1ncn2[14C@@H]1O[C@H](CO)[C@@H](O)[C@H]1O. The van der Waals surface area contributed by atoms with Gasteiger partial charge in [-0.3, -0.25) is 9.36 Å². The second-order valence-corrected chi connectivity index (χ2v) is 4.28. The number of nitrogens with one attached hydrogen (secondary N) is 1. The number of aromatic nitrogens is 4. The van der Waals surface area contributed by atoms with E-state index in [9.17, 15) is 15.0 Å². The Morgan fingerprint density at radius 2 is 2.26 bits per heavy atom. The lowest BCUT2D eigenvalue weighted by molar-refractivity contribution is -0.0511. The van der Waals surface area contributed by atoms with Crippen LogP contribution in [0.3, 0.4) is 0 Å². The van der Waals surface area contributed by atoms with Gasteiger partial charge in [0.1, 0.15) is 18.3 Å². The summed E-state index contributed by atoms with van der Waals surface area (Å²) in [6.45, 7) is -0.421. The van der Waals surface area contributed by atoms with Gasteiger partial charge in [0.05, 0.1) is 19.3 Å². The van der Waals surface area contributed by atoms with Crippen LogP contribution in [0.4, 0.5) is 0 Å². The molecule has 9 heteroatoms. The third kappa shape index (κ3) is 1.75. The molecule has 1 fully saturated rings. The minimum absolute atomic E-state index is 0.111. The summed E-state index contributed by atoms with van der Waals surface area (Å²) in [5, 5.41) is 28.6. The molecule has 0 aliphatic carbocycles. The zero-order chi connectivity index (χ0) is 13.6. The standard InChI is InChI=1S/C10H12N4O5/c15-1-4-6(16)7(17)10(19-4)14-3-13-5-8(14)11-2-12-9(5)18/h2-4,6-7,10,15-17H,1H2,(H,11,12,18)/t4-,6-,7-,10-/m1/s1/i10+2. The van der Waals surface area contributed by atoms with Gasteiger partial charge in [0.15, 0.2) is 17.4 Å². The molecule has 1 aliphatic heterocycles.